The first-order valence-electron chi connectivity index (χ1n) is 13.1. The van der Waals surface area contributed by atoms with Crippen molar-refractivity contribution < 1.29 is 4.42 Å². The highest BCUT2D eigenvalue weighted by atomic mass is 16.3. The van der Waals surface area contributed by atoms with Crippen molar-refractivity contribution in [1.82, 2.24) is 9.97 Å². The van der Waals surface area contributed by atoms with Gasteiger partial charge >= 0.3 is 0 Å². The topological polar surface area (TPSA) is 38.9 Å². The van der Waals surface area contributed by atoms with Crippen molar-refractivity contribution in [1.29, 1.82) is 0 Å². The normalized spacial score (nSPS) is 15.1. The van der Waals surface area contributed by atoms with E-state index in [1.807, 2.05) is 6.07 Å². The summed E-state index contributed by atoms with van der Waals surface area (Å²) in [5, 5.41) is 6.07. The highest BCUT2D eigenvalue weighted by Gasteiger charge is 2.25. The van der Waals surface area contributed by atoms with E-state index < -0.39 is 0 Å². The van der Waals surface area contributed by atoms with Crippen molar-refractivity contribution in [3.05, 3.63) is 84.1 Å². The summed E-state index contributed by atoms with van der Waals surface area (Å²) in [4.78, 5) is 9.81. The molecule has 0 saturated heterocycles. The van der Waals surface area contributed by atoms with Gasteiger partial charge in [0.15, 0.2) is 0 Å². The molecule has 0 spiro atoms. The lowest BCUT2D eigenvalue weighted by Crippen LogP contribution is -2.11. The van der Waals surface area contributed by atoms with E-state index in [1.165, 1.54) is 53.0 Å². The minimum atomic E-state index is -0.00389. The Morgan fingerprint density at radius 2 is 1.64 bits per heavy atom. The third-order valence-electron chi connectivity index (χ3n) is 8.01. The molecule has 1 aliphatic rings. The van der Waals surface area contributed by atoms with Crippen LogP contribution >= 0.6 is 0 Å². The van der Waals surface area contributed by atoms with Crippen molar-refractivity contribution in [2.45, 2.75) is 57.8 Å². The maximum absolute atomic E-state index is 6.40. The molecule has 0 amide bonds. The van der Waals surface area contributed by atoms with Crippen LogP contribution in [0.15, 0.2) is 77.3 Å². The number of aromatic nitrogens is 2. The van der Waals surface area contributed by atoms with E-state index in [4.69, 9.17) is 9.40 Å². The number of furan rings is 1. The summed E-state index contributed by atoms with van der Waals surface area (Å²) in [7, 11) is 0. The summed E-state index contributed by atoms with van der Waals surface area (Å²) in [5.74, 6) is 0.568. The molecule has 0 aliphatic heterocycles. The lowest BCUT2D eigenvalue weighted by atomic mass is 9.84. The summed E-state index contributed by atoms with van der Waals surface area (Å²) in [5.41, 5.74) is 7.39. The second kappa shape index (κ2) is 7.89. The SMILES string of the molecule is CC(C)(C)c1cc(-c2cc(C3CCCC3)c3c(ccc4ccccc43)n2)c2oc3ncccc3c2c1. The Kier molecular flexibility index (Phi) is 4.73. The van der Waals surface area contributed by atoms with Crippen LogP contribution in [0.3, 0.4) is 0 Å². The average molecular weight is 471 g/mol. The number of hydrogen-bond acceptors (Lipinski definition) is 3. The van der Waals surface area contributed by atoms with Gasteiger partial charge in [-0.15, -0.1) is 0 Å². The molecule has 1 aliphatic carbocycles. The molecule has 36 heavy (non-hydrogen) atoms. The van der Waals surface area contributed by atoms with E-state index in [0.717, 1.165) is 33.1 Å². The van der Waals surface area contributed by atoms with Gasteiger partial charge in [-0.25, -0.2) is 9.97 Å². The summed E-state index contributed by atoms with van der Waals surface area (Å²) in [6.07, 6.45) is 6.88. The van der Waals surface area contributed by atoms with Crippen LogP contribution < -0.4 is 0 Å². The minimum Gasteiger partial charge on any atom is -0.437 e. The quantitative estimate of drug-likeness (QED) is 0.237. The Balaban J connectivity index is 1.59. The highest BCUT2D eigenvalue weighted by molar-refractivity contribution is 6.11. The lowest BCUT2D eigenvalue weighted by Gasteiger charge is -2.21. The molecule has 6 aromatic rings. The zero-order valence-electron chi connectivity index (χ0n) is 21.1. The zero-order valence-corrected chi connectivity index (χ0v) is 21.1. The highest BCUT2D eigenvalue weighted by Crippen LogP contribution is 2.44. The second-order valence-electron chi connectivity index (χ2n) is 11.4. The van der Waals surface area contributed by atoms with Gasteiger partial charge in [-0.05, 0) is 82.5 Å². The molecule has 3 nitrogen and oxygen atoms in total. The first-order valence-corrected chi connectivity index (χ1v) is 13.1. The molecule has 3 heterocycles. The van der Waals surface area contributed by atoms with Crippen molar-refractivity contribution in [2.75, 3.05) is 0 Å². The number of fused-ring (bicyclic) bond motifs is 6. The number of pyridine rings is 2. The maximum atomic E-state index is 6.40. The van der Waals surface area contributed by atoms with Gasteiger partial charge in [-0.1, -0.05) is 63.9 Å². The van der Waals surface area contributed by atoms with E-state index in [9.17, 15) is 0 Å². The zero-order chi connectivity index (χ0) is 24.4. The summed E-state index contributed by atoms with van der Waals surface area (Å²) in [6, 6.07) is 24.2. The Bertz CT molecular complexity index is 1780. The van der Waals surface area contributed by atoms with E-state index in [0.29, 0.717) is 11.6 Å². The smallest absolute Gasteiger partial charge is 0.227 e. The van der Waals surface area contributed by atoms with Crippen LogP contribution in [0, 0.1) is 0 Å². The Labute approximate surface area is 211 Å². The molecule has 0 N–H and O–H groups in total. The van der Waals surface area contributed by atoms with Crippen molar-refractivity contribution in [2.24, 2.45) is 0 Å². The third kappa shape index (κ3) is 3.33. The van der Waals surface area contributed by atoms with Crippen LogP contribution in [0.25, 0.3) is 55.0 Å². The van der Waals surface area contributed by atoms with Gasteiger partial charge in [-0.2, -0.15) is 0 Å². The minimum absolute atomic E-state index is 0.00389. The molecule has 0 bridgehead atoms. The first kappa shape index (κ1) is 21.6. The molecule has 0 unspecified atom stereocenters. The van der Waals surface area contributed by atoms with Gasteiger partial charge in [0.2, 0.25) is 5.71 Å². The first-order chi connectivity index (χ1) is 17.5. The molecule has 3 aromatic carbocycles. The fraction of sp³-hybridized carbons (Fsp3) is 0.273. The molecular formula is C33H30N2O. The summed E-state index contributed by atoms with van der Waals surface area (Å²) < 4.78 is 6.40. The molecule has 178 valence electrons. The summed E-state index contributed by atoms with van der Waals surface area (Å²) >= 11 is 0. The fourth-order valence-electron chi connectivity index (χ4n) is 6.07. The van der Waals surface area contributed by atoms with E-state index in [-0.39, 0.29) is 5.41 Å². The molecule has 0 atom stereocenters. The second-order valence-corrected chi connectivity index (χ2v) is 11.4. The van der Waals surface area contributed by atoms with Crippen molar-refractivity contribution >= 4 is 43.7 Å². The molecule has 3 heteroatoms. The number of benzene rings is 3. The number of hydrogen-bond donors (Lipinski definition) is 0. The van der Waals surface area contributed by atoms with Gasteiger partial charge in [0.25, 0.3) is 0 Å². The molecular weight excluding hydrogens is 440 g/mol. The van der Waals surface area contributed by atoms with Gasteiger partial charge in [0.1, 0.15) is 5.58 Å². The Morgan fingerprint density at radius 3 is 2.47 bits per heavy atom. The predicted octanol–water partition coefficient (Wildman–Crippen LogP) is 9.30. The Morgan fingerprint density at radius 1 is 0.833 bits per heavy atom. The average Bonchev–Trinajstić information content (AvgIpc) is 3.55. The van der Waals surface area contributed by atoms with E-state index >= 15 is 0 Å². The molecule has 0 radical (unpaired) electrons. The van der Waals surface area contributed by atoms with Crippen LogP contribution in [0.2, 0.25) is 0 Å². The van der Waals surface area contributed by atoms with Crippen molar-refractivity contribution in [3.8, 4) is 11.3 Å². The fourth-order valence-corrected chi connectivity index (χ4v) is 6.07. The predicted molar refractivity (Wildman–Crippen MR) is 150 cm³/mol. The lowest BCUT2D eigenvalue weighted by molar-refractivity contribution is 0.590. The van der Waals surface area contributed by atoms with Crippen molar-refractivity contribution in [3.63, 3.8) is 0 Å². The Hall–Kier alpha value is -3.72. The van der Waals surface area contributed by atoms with Gasteiger partial charge in [0, 0.05) is 27.9 Å². The van der Waals surface area contributed by atoms with Crippen LogP contribution in [-0.2, 0) is 5.41 Å². The van der Waals surface area contributed by atoms with Crippen LogP contribution in [0.5, 0.6) is 0 Å². The summed E-state index contributed by atoms with van der Waals surface area (Å²) in [6.45, 7) is 6.80. The van der Waals surface area contributed by atoms with Crippen LogP contribution in [0.1, 0.15) is 63.5 Å². The molecule has 1 saturated carbocycles. The monoisotopic (exact) mass is 470 g/mol. The van der Waals surface area contributed by atoms with Gasteiger partial charge < -0.3 is 4.42 Å². The van der Waals surface area contributed by atoms with Gasteiger partial charge in [0.05, 0.1) is 11.2 Å². The molecule has 1 fully saturated rings. The molecule has 7 rings (SSSR count). The standard InChI is InChI=1S/C33H30N2O/c1-33(2,3)22-17-26-24-13-8-16-34-32(24)36-31(26)27(18-22)29-19-25(20-9-4-5-10-20)30-23-12-7-6-11-21(23)14-15-28(30)35-29/h6-8,11-20H,4-5,9-10H2,1-3H3. The maximum Gasteiger partial charge on any atom is 0.227 e. The van der Waals surface area contributed by atoms with E-state index in [2.05, 4.69) is 86.4 Å². The van der Waals surface area contributed by atoms with E-state index in [1.54, 1.807) is 6.20 Å². The van der Waals surface area contributed by atoms with Crippen LogP contribution in [0.4, 0.5) is 0 Å². The van der Waals surface area contributed by atoms with Crippen LogP contribution in [-0.4, -0.2) is 9.97 Å². The largest absolute Gasteiger partial charge is 0.437 e. The van der Waals surface area contributed by atoms with Gasteiger partial charge in [-0.3, -0.25) is 0 Å². The number of rotatable bonds is 2. The third-order valence-corrected chi connectivity index (χ3v) is 8.01. The number of nitrogens with zero attached hydrogens (tertiary/aromatic N) is 2. The molecule has 3 aromatic heterocycles.